The monoisotopic (exact) mass is 258 g/mol. The molecular formula is C14H18N4O. The van der Waals surface area contributed by atoms with E-state index in [4.69, 9.17) is 10.00 Å². The van der Waals surface area contributed by atoms with E-state index in [9.17, 15) is 0 Å². The zero-order chi connectivity index (χ0) is 13.4. The normalized spacial score (nSPS) is 32.5. The Hall–Kier alpha value is -1.64. The summed E-state index contributed by atoms with van der Waals surface area (Å²) >= 11 is 0. The number of likely N-dealkylation sites (N-methyl/N-ethyl adjacent to an activating group) is 1. The maximum absolute atomic E-state index is 8.92. The van der Waals surface area contributed by atoms with Crippen LogP contribution in [-0.2, 0) is 4.74 Å². The van der Waals surface area contributed by atoms with E-state index in [1.54, 1.807) is 18.3 Å². The predicted octanol–water partition coefficient (Wildman–Crippen LogP) is 1.08. The summed E-state index contributed by atoms with van der Waals surface area (Å²) < 4.78 is 5.78. The van der Waals surface area contributed by atoms with E-state index in [2.05, 4.69) is 35.4 Å². The fourth-order valence-electron chi connectivity index (χ4n) is 3.23. The van der Waals surface area contributed by atoms with Crippen molar-refractivity contribution in [3.63, 3.8) is 0 Å². The molecule has 0 aromatic carbocycles. The van der Waals surface area contributed by atoms with Gasteiger partial charge in [-0.1, -0.05) is 0 Å². The molecule has 1 aromatic rings. The van der Waals surface area contributed by atoms with Crippen LogP contribution in [0.15, 0.2) is 18.3 Å². The van der Waals surface area contributed by atoms with Gasteiger partial charge in [-0.2, -0.15) is 5.26 Å². The van der Waals surface area contributed by atoms with E-state index < -0.39 is 0 Å². The Kier molecular flexibility index (Phi) is 3.13. The molecule has 1 aromatic heterocycles. The minimum absolute atomic E-state index is 0.339. The number of hydrogen-bond acceptors (Lipinski definition) is 5. The fourth-order valence-corrected chi connectivity index (χ4v) is 3.23. The molecule has 2 heterocycles. The molecule has 5 nitrogen and oxygen atoms in total. The van der Waals surface area contributed by atoms with E-state index in [0.29, 0.717) is 29.7 Å². The molecule has 0 bridgehead atoms. The molecule has 0 amide bonds. The second-order valence-corrected chi connectivity index (χ2v) is 5.45. The van der Waals surface area contributed by atoms with Gasteiger partial charge < -0.3 is 15.0 Å². The minimum Gasteiger partial charge on any atom is -0.376 e. The number of aromatic nitrogens is 1. The SMILES string of the molecule is CN(C)[C@@H]1[C@@H](Nc2cc(C#N)ccn2)[C@H]2CCO[C@H]21. The zero-order valence-electron chi connectivity index (χ0n) is 11.2. The quantitative estimate of drug-likeness (QED) is 0.879. The van der Waals surface area contributed by atoms with Gasteiger partial charge in [0.25, 0.3) is 0 Å². The highest BCUT2D eigenvalue weighted by atomic mass is 16.5. The van der Waals surface area contributed by atoms with Crippen molar-refractivity contribution in [1.82, 2.24) is 9.88 Å². The Morgan fingerprint density at radius 3 is 3.11 bits per heavy atom. The lowest BCUT2D eigenvalue weighted by Gasteiger charge is -2.51. The lowest BCUT2D eigenvalue weighted by atomic mass is 9.71. The molecular weight excluding hydrogens is 240 g/mol. The first-order chi connectivity index (χ1) is 9.20. The van der Waals surface area contributed by atoms with Crippen molar-refractivity contribution in [3.05, 3.63) is 23.9 Å². The van der Waals surface area contributed by atoms with Crippen LogP contribution >= 0.6 is 0 Å². The van der Waals surface area contributed by atoms with Gasteiger partial charge in [-0.05, 0) is 32.6 Å². The van der Waals surface area contributed by atoms with E-state index in [-0.39, 0.29) is 0 Å². The van der Waals surface area contributed by atoms with Gasteiger partial charge in [-0.25, -0.2) is 4.98 Å². The number of anilines is 1. The number of fused-ring (bicyclic) bond motifs is 1. The standard InChI is InChI=1S/C14H18N4O/c1-18(2)13-12(10-4-6-19-14(10)13)17-11-7-9(8-15)3-5-16-11/h3,5,7,10,12-14H,4,6H2,1-2H3,(H,16,17)/t10-,12+,13-,14-/m1/s1. The van der Waals surface area contributed by atoms with E-state index >= 15 is 0 Å². The Balaban J connectivity index is 1.76. The third-order valence-electron chi connectivity index (χ3n) is 4.15. The third-order valence-corrected chi connectivity index (χ3v) is 4.15. The minimum atomic E-state index is 0.339. The van der Waals surface area contributed by atoms with Crippen molar-refractivity contribution in [2.75, 3.05) is 26.0 Å². The summed E-state index contributed by atoms with van der Waals surface area (Å²) in [6.07, 6.45) is 3.11. The van der Waals surface area contributed by atoms with Crippen LogP contribution in [-0.4, -0.2) is 48.8 Å². The lowest BCUT2D eigenvalue weighted by Crippen LogP contribution is -2.66. The first-order valence-corrected chi connectivity index (χ1v) is 6.61. The molecule has 1 N–H and O–H groups in total. The summed E-state index contributed by atoms with van der Waals surface area (Å²) in [6, 6.07) is 6.39. The number of nitriles is 1. The van der Waals surface area contributed by atoms with Crippen LogP contribution in [0.4, 0.5) is 5.82 Å². The lowest BCUT2D eigenvalue weighted by molar-refractivity contribution is -0.0516. The number of hydrogen-bond donors (Lipinski definition) is 1. The molecule has 1 aliphatic heterocycles. The second-order valence-electron chi connectivity index (χ2n) is 5.45. The summed E-state index contributed by atoms with van der Waals surface area (Å²) in [5, 5.41) is 12.4. The second kappa shape index (κ2) is 4.80. The molecule has 3 rings (SSSR count). The smallest absolute Gasteiger partial charge is 0.127 e. The van der Waals surface area contributed by atoms with Gasteiger partial charge in [0.05, 0.1) is 29.8 Å². The molecule has 2 aliphatic rings. The molecule has 0 radical (unpaired) electrons. The van der Waals surface area contributed by atoms with Crippen molar-refractivity contribution in [2.45, 2.75) is 24.6 Å². The van der Waals surface area contributed by atoms with Crippen LogP contribution in [0, 0.1) is 17.2 Å². The fraction of sp³-hybridized carbons (Fsp3) is 0.571. The van der Waals surface area contributed by atoms with Crippen LogP contribution in [0.3, 0.4) is 0 Å². The average Bonchev–Trinajstić information content (AvgIpc) is 2.79. The van der Waals surface area contributed by atoms with Gasteiger partial charge in [0.1, 0.15) is 5.82 Å². The molecule has 5 heteroatoms. The molecule has 100 valence electrons. The van der Waals surface area contributed by atoms with Gasteiger partial charge in [0, 0.05) is 18.7 Å². The van der Waals surface area contributed by atoms with Crippen molar-refractivity contribution in [2.24, 2.45) is 5.92 Å². The van der Waals surface area contributed by atoms with Crippen molar-refractivity contribution < 1.29 is 4.74 Å². The van der Waals surface area contributed by atoms with Gasteiger partial charge in [-0.3, -0.25) is 0 Å². The topological polar surface area (TPSA) is 61.2 Å². The molecule has 1 saturated heterocycles. The number of nitrogens with zero attached hydrogens (tertiary/aromatic N) is 3. The summed E-state index contributed by atoms with van der Waals surface area (Å²) in [5.41, 5.74) is 0.637. The van der Waals surface area contributed by atoms with E-state index in [1.807, 2.05) is 0 Å². The first-order valence-electron chi connectivity index (χ1n) is 6.61. The maximum atomic E-state index is 8.92. The molecule has 1 aliphatic carbocycles. The molecule has 2 fully saturated rings. The summed E-state index contributed by atoms with van der Waals surface area (Å²) in [4.78, 5) is 6.50. The Labute approximate surface area is 113 Å². The van der Waals surface area contributed by atoms with Gasteiger partial charge in [-0.15, -0.1) is 0 Å². The molecule has 4 atom stereocenters. The molecule has 0 unspecified atom stereocenters. The highest BCUT2D eigenvalue weighted by Crippen LogP contribution is 2.42. The summed E-state index contributed by atoms with van der Waals surface area (Å²) in [7, 11) is 4.16. The van der Waals surface area contributed by atoms with Crippen LogP contribution in [0.1, 0.15) is 12.0 Å². The summed E-state index contributed by atoms with van der Waals surface area (Å²) in [5.74, 6) is 1.33. The molecule has 0 spiro atoms. The van der Waals surface area contributed by atoms with Crippen LogP contribution in [0.5, 0.6) is 0 Å². The number of pyridine rings is 1. The van der Waals surface area contributed by atoms with Crippen molar-refractivity contribution >= 4 is 5.82 Å². The molecule has 1 saturated carbocycles. The van der Waals surface area contributed by atoms with Crippen molar-refractivity contribution in [1.29, 1.82) is 5.26 Å². The number of ether oxygens (including phenoxy) is 1. The highest BCUT2D eigenvalue weighted by Gasteiger charge is 2.54. The largest absolute Gasteiger partial charge is 0.376 e. The predicted molar refractivity (Wildman–Crippen MR) is 71.7 cm³/mol. The van der Waals surface area contributed by atoms with Gasteiger partial charge in [0.15, 0.2) is 0 Å². The Bertz CT molecular complexity index is 510. The van der Waals surface area contributed by atoms with Crippen LogP contribution in [0.25, 0.3) is 0 Å². The highest BCUT2D eigenvalue weighted by molar-refractivity contribution is 5.44. The Morgan fingerprint density at radius 1 is 1.53 bits per heavy atom. The number of nitrogens with one attached hydrogen (secondary N) is 1. The van der Waals surface area contributed by atoms with Crippen molar-refractivity contribution in [3.8, 4) is 6.07 Å². The summed E-state index contributed by atoms with van der Waals surface area (Å²) in [6.45, 7) is 0.851. The third kappa shape index (κ3) is 2.07. The number of rotatable bonds is 3. The van der Waals surface area contributed by atoms with E-state index in [0.717, 1.165) is 18.8 Å². The first kappa shape index (κ1) is 12.4. The molecule has 19 heavy (non-hydrogen) atoms. The van der Waals surface area contributed by atoms with Crippen LogP contribution in [0.2, 0.25) is 0 Å². The van der Waals surface area contributed by atoms with E-state index in [1.165, 1.54) is 0 Å². The zero-order valence-corrected chi connectivity index (χ0v) is 11.2. The van der Waals surface area contributed by atoms with Gasteiger partial charge in [0.2, 0.25) is 0 Å². The van der Waals surface area contributed by atoms with Crippen LogP contribution < -0.4 is 5.32 Å². The average molecular weight is 258 g/mol. The Morgan fingerprint density at radius 2 is 2.37 bits per heavy atom. The van der Waals surface area contributed by atoms with Gasteiger partial charge >= 0.3 is 0 Å². The maximum Gasteiger partial charge on any atom is 0.127 e.